The molecule has 1 unspecified atom stereocenters. The van der Waals surface area contributed by atoms with Gasteiger partial charge in [-0.2, -0.15) is 0 Å². The molecule has 1 aromatic rings. The van der Waals surface area contributed by atoms with Crippen LogP contribution < -0.4 is 10.2 Å². The number of anilines is 2. The first-order valence-electron chi connectivity index (χ1n) is 7.66. The molecule has 1 aromatic carbocycles. The third-order valence-electron chi connectivity index (χ3n) is 3.87. The monoisotopic (exact) mass is 291 g/mol. The van der Waals surface area contributed by atoms with Crippen LogP contribution in [0.2, 0.25) is 0 Å². The van der Waals surface area contributed by atoms with Crippen LogP contribution in [0.1, 0.15) is 20.8 Å². The van der Waals surface area contributed by atoms with Crippen molar-refractivity contribution in [2.24, 2.45) is 0 Å². The topological polar surface area (TPSA) is 44.8 Å². The van der Waals surface area contributed by atoms with Gasteiger partial charge in [0.15, 0.2) is 0 Å². The first kappa shape index (κ1) is 15.6. The predicted octanol–water partition coefficient (Wildman–Crippen LogP) is 2.79. The summed E-state index contributed by atoms with van der Waals surface area (Å²) in [5.41, 5.74) is 2.00. The lowest BCUT2D eigenvalue weighted by Crippen LogP contribution is -2.43. The number of ether oxygens (including phenoxy) is 1. The molecule has 21 heavy (non-hydrogen) atoms. The highest BCUT2D eigenvalue weighted by molar-refractivity contribution is 5.89. The van der Waals surface area contributed by atoms with Crippen molar-refractivity contribution in [3.05, 3.63) is 24.3 Å². The van der Waals surface area contributed by atoms with Crippen molar-refractivity contribution >= 4 is 17.4 Å². The zero-order valence-electron chi connectivity index (χ0n) is 13.1. The van der Waals surface area contributed by atoms with Gasteiger partial charge in [-0.1, -0.05) is 0 Å². The number of nitrogens with one attached hydrogen (secondary N) is 1. The fraction of sp³-hybridized carbons (Fsp3) is 0.562. The average Bonchev–Trinajstić information content (AvgIpc) is 2.50. The smallest absolute Gasteiger partial charge is 0.321 e. The minimum absolute atomic E-state index is 0.0486. The van der Waals surface area contributed by atoms with Crippen molar-refractivity contribution in [2.75, 3.05) is 43.1 Å². The molecule has 1 heterocycles. The van der Waals surface area contributed by atoms with Gasteiger partial charge in [-0.25, -0.2) is 4.79 Å². The summed E-state index contributed by atoms with van der Waals surface area (Å²) in [7, 11) is 0. The molecular weight excluding hydrogens is 266 g/mol. The summed E-state index contributed by atoms with van der Waals surface area (Å²) in [6, 6.07) is 8.36. The highest BCUT2D eigenvalue weighted by atomic mass is 16.5. The molecule has 1 fully saturated rings. The Kier molecular flexibility index (Phi) is 5.44. The van der Waals surface area contributed by atoms with E-state index in [1.807, 2.05) is 26.0 Å². The molecule has 0 spiro atoms. The number of urea groups is 1. The summed E-state index contributed by atoms with van der Waals surface area (Å²) in [6.45, 7) is 9.99. The maximum absolute atomic E-state index is 12.0. The molecule has 1 saturated heterocycles. The van der Waals surface area contributed by atoms with Gasteiger partial charge in [-0.05, 0) is 45.0 Å². The largest absolute Gasteiger partial charge is 0.377 e. The van der Waals surface area contributed by atoms with Crippen LogP contribution in [0.25, 0.3) is 0 Å². The number of morpholine rings is 1. The van der Waals surface area contributed by atoms with E-state index in [9.17, 15) is 4.79 Å². The molecule has 116 valence electrons. The lowest BCUT2D eigenvalue weighted by Gasteiger charge is -2.35. The summed E-state index contributed by atoms with van der Waals surface area (Å²) >= 11 is 0. The summed E-state index contributed by atoms with van der Waals surface area (Å²) in [4.78, 5) is 16.1. The molecule has 5 nitrogen and oxygen atoms in total. The minimum atomic E-state index is -0.0486. The molecule has 0 bridgehead atoms. The molecule has 2 rings (SSSR count). The first-order chi connectivity index (χ1) is 10.2. The standard InChI is InChI=1S/C16H25N3O2/c1-4-18(5-2)16(20)17-14-6-8-15(9-7-14)19-10-11-21-12-13(19)3/h6-9,13H,4-5,10-12H2,1-3H3,(H,17,20). The van der Waals surface area contributed by atoms with Crippen molar-refractivity contribution in [2.45, 2.75) is 26.8 Å². The van der Waals surface area contributed by atoms with E-state index < -0.39 is 0 Å². The second-order valence-corrected chi connectivity index (χ2v) is 5.27. The van der Waals surface area contributed by atoms with Crippen molar-refractivity contribution in [1.29, 1.82) is 0 Å². The van der Waals surface area contributed by atoms with Crippen LogP contribution in [-0.2, 0) is 4.74 Å². The van der Waals surface area contributed by atoms with E-state index >= 15 is 0 Å². The first-order valence-corrected chi connectivity index (χ1v) is 7.66. The van der Waals surface area contributed by atoms with Crippen LogP contribution in [0.15, 0.2) is 24.3 Å². The number of benzene rings is 1. The Morgan fingerprint density at radius 1 is 1.33 bits per heavy atom. The van der Waals surface area contributed by atoms with E-state index in [-0.39, 0.29) is 6.03 Å². The fourth-order valence-electron chi connectivity index (χ4n) is 2.56. The number of carbonyl (C=O) groups excluding carboxylic acids is 1. The number of hydrogen-bond donors (Lipinski definition) is 1. The maximum atomic E-state index is 12.0. The van der Waals surface area contributed by atoms with Crippen LogP contribution in [0.5, 0.6) is 0 Å². The molecule has 1 aliphatic heterocycles. The van der Waals surface area contributed by atoms with Crippen LogP contribution in [0.3, 0.4) is 0 Å². The minimum Gasteiger partial charge on any atom is -0.377 e. The maximum Gasteiger partial charge on any atom is 0.321 e. The lowest BCUT2D eigenvalue weighted by atomic mass is 10.2. The van der Waals surface area contributed by atoms with Gasteiger partial charge in [0.05, 0.1) is 13.2 Å². The molecule has 2 amide bonds. The third-order valence-corrected chi connectivity index (χ3v) is 3.87. The summed E-state index contributed by atoms with van der Waals surface area (Å²) < 4.78 is 5.46. The van der Waals surface area contributed by atoms with E-state index in [1.54, 1.807) is 4.90 Å². The Bertz CT molecular complexity index is 457. The van der Waals surface area contributed by atoms with E-state index in [2.05, 4.69) is 29.3 Å². The molecule has 1 aliphatic rings. The van der Waals surface area contributed by atoms with E-state index in [0.717, 1.165) is 25.4 Å². The fourth-order valence-corrected chi connectivity index (χ4v) is 2.56. The second kappa shape index (κ2) is 7.31. The van der Waals surface area contributed by atoms with E-state index in [0.29, 0.717) is 19.1 Å². The van der Waals surface area contributed by atoms with Crippen molar-refractivity contribution in [3.8, 4) is 0 Å². The average molecular weight is 291 g/mol. The Balaban J connectivity index is 2.00. The van der Waals surface area contributed by atoms with Gasteiger partial charge in [-0.15, -0.1) is 0 Å². The highest BCUT2D eigenvalue weighted by Crippen LogP contribution is 2.22. The van der Waals surface area contributed by atoms with Gasteiger partial charge in [0, 0.05) is 37.1 Å². The molecule has 1 N–H and O–H groups in total. The molecule has 0 aliphatic carbocycles. The van der Waals surface area contributed by atoms with E-state index in [4.69, 9.17) is 4.74 Å². The number of carbonyl (C=O) groups is 1. The van der Waals surface area contributed by atoms with Crippen molar-refractivity contribution < 1.29 is 9.53 Å². The van der Waals surface area contributed by atoms with Gasteiger partial charge in [-0.3, -0.25) is 0 Å². The van der Waals surface area contributed by atoms with Crippen molar-refractivity contribution in [1.82, 2.24) is 4.90 Å². The molecule has 0 radical (unpaired) electrons. The summed E-state index contributed by atoms with van der Waals surface area (Å²) in [6.07, 6.45) is 0. The van der Waals surface area contributed by atoms with Crippen LogP contribution >= 0.6 is 0 Å². The normalized spacial score (nSPS) is 18.4. The second-order valence-electron chi connectivity index (χ2n) is 5.27. The number of amides is 2. The molecular formula is C16H25N3O2. The SMILES string of the molecule is CCN(CC)C(=O)Nc1ccc(N2CCOCC2C)cc1. The van der Waals surface area contributed by atoms with Crippen molar-refractivity contribution in [3.63, 3.8) is 0 Å². The van der Waals surface area contributed by atoms with Gasteiger partial charge >= 0.3 is 6.03 Å². The number of rotatable bonds is 4. The Morgan fingerprint density at radius 3 is 2.57 bits per heavy atom. The zero-order valence-corrected chi connectivity index (χ0v) is 13.1. The molecule has 0 saturated carbocycles. The number of hydrogen-bond acceptors (Lipinski definition) is 3. The highest BCUT2D eigenvalue weighted by Gasteiger charge is 2.19. The lowest BCUT2D eigenvalue weighted by molar-refractivity contribution is 0.0989. The summed E-state index contributed by atoms with van der Waals surface area (Å²) in [5.74, 6) is 0. The van der Waals surface area contributed by atoms with Crippen LogP contribution in [0.4, 0.5) is 16.2 Å². The van der Waals surface area contributed by atoms with Gasteiger partial charge in [0.2, 0.25) is 0 Å². The van der Waals surface area contributed by atoms with Crippen LogP contribution in [0, 0.1) is 0 Å². The molecule has 5 heteroatoms. The summed E-state index contributed by atoms with van der Waals surface area (Å²) in [5, 5.41) is 2.93. The predicted molar refractivity (Wildman–Crippen MR) is 86.0 cm³/mol. The quantitative estimate of drug-likeness (QED) is 0.927. The zero-order chi connectivity index (χ0) is 15.2. The molecule has 1 atom stereocenters. The van der Waals surface area contributed by atoms with Gasteiger partial charge < -0.3 is 19.9 Å². The molecule has 0 aromatic heterocycles. The third kappa shape index (κ3) is 3.88. The number of nitrogens with zero attached hydrogens (tertiary/aromatic N) is 2. The van der Waals surface area contributed by atoms with E-state index in [1.165, 1.54) is 5.69 Å². The Hall–Kier alpha value is -1.75. The van der Waals surface area contributed by atoms with Gasteiger partial charge in [0.25, 0.3) is 0 Å². The Labute approximate surface area is 126 Å². The Morgan fingerprint density at radius 2 is 2.00 bits per heavy atom. The van der Waals surface area contributed by atoms with Crippen LogP contribution in [-0.4, -0.2) is 49.8 Å². The van der Waals surface area contributed by atoms with Gasteiger partial charge in [0.1, 0.15) is 0 Å².